The summed E-state index contributed by atoms with van der Waals surface area (Å²) in [5, 5.41) is 9.92. The molecule has 0 unspecified atom stereocenters. The van der Waals surface area contributed by atoms with Crippen molar-refractivity contribution in [3.63, 3.8) is 0 Å². The van der Waals surface area contributed by atoms with E-state index >= 15 is 0 Å². The summed E-state index contributed by atoms with van der Waals surface area (Å²) in [5.41, 5.74) is -0.548. The molecule has 0 radical (unpaired) electrons. The number of aromatic nitrogens is 1. The molecular weight excluding hydrogens is 263 g/mol. The Morgan fingerprint density at radius 3 is 2.50 bits per heavy atom. The van der Waals surface area contributed by atoms with Gasteiger partial charge in [0.05, 0.1) is 5.56 Å². The minimum atomic E-state index is -4.42. The molecule has 0 aliphatic heterocycles. The maximum Gasteiger partial charge on any atom is 0.416 e. The van der Waals surface area contributed by atoms with Gasteiger partial charge in [0, 0.05) is 6.20 Å². The van der Waals surface area contributed by atoms with Crippen molar-refractivity contribution in [3.05, 3.63) is 23.4 Å². The van der Waals surface area contributed by atoms with E-state index in [-0.39, 0.29) is 22.5 Å². The predicted molar refractivity (Wildman–Crippen MR) is 68.2 cm³/mol. The number of rotatable bonds is 2. The van der Waals surface area contributed by atoms with Gasteiger partial charge in [-0.25, -0.2) is 4.98 Å². The number of nitrogens with zero attached hydrogens (tertiary/aromatic N) is 1. The van der Waals surface area contributed by atoms with E-state index in [0.717, 1.165) is 17.8 Å². The van der Waals surface area contributed by atoms with Gasteiger partial charge in [-0.15, -0.1) is 0 Å². The molecule has 0 aromatic carbocycles. The normalized spacial score (nSPS) is 11.7. The third-order valence-electron chi connectivity index (χ3n) is 2.31. The number of nitrogens with one attached hydrogen (secondary N) is 2. The van der Waals surface area contributed by atoms with E-state index in [9.17, 15) is 13.2 Å². The SMILES string of the molecule is CSC(=N)Nc1cc(C(F)(F)F)c(C(C)C)cn1. The van der Waals surface area contributed by atoms with Crippen LogP contribution in [0.4, 0.5) is 19.0 Å². The smallest absolute Gasteiger partial charge is 0.320 e. The fourth-order valence-corrected chi connectivity index (χ4v) is 1.61. The van der Waals surface area contributed by atoms with Crippen LogP contribution < -0.4 is 5.32 Å². The molecule has 0 fully saturated rings. The maximum atomic E-state index is 12.9. The molecule has 0 saturated heterocycles. The fourth-order valence-electron chi connectivity index (χ4n) is 1.41. The number of pyridine rings is 1. The molecule has 1 aromatic rings. The molecule has 0 bridgehead atoms. The van der Waals surface area contributed by atoms with E-state index in [1.165, 1.54) is 6.20 Å². The van der Waals surface area contributed by atoms with Gasteiger partial charge in [-0.2, -0.15) is 13.2 Å². The third kappa shape index (κ3) is 3.63. The summed E-state index contributed by atoms with van der Waals surface area (Å²) in [4.78, 5) is 3.90. The molecule has 0 spiro atoms. The minimum absolute atomic E-state index is 0.0334. The Labute approximate surface area is 108 Å². The van der Waals surface area contributed by atoms with E-state index in [1.807, 2.05) is 0 Å². The van der Waals surface area contributed by atoms with Crippen molar-refractivity contribution < 1.29 is 13.2 Å². The molecule has 100 valence electrons. The Hall–Kier alpha value is -1.24. The Balaban J connectivity index is 3.18. The van der Waals surface area contributed by atoms with Crippen molar-refractivity contribution in [2.75, 3.05) is 11.6 Å². The van der Waals surface area contributed by atoms with Gasteiger partial charge in [0.15, 0.2) is 5.17 Å². The number of halogens is 3. The first-order valence-electron chi connectivity index (χ1n) is 5.22. The standard InChI is InChI=1S/C11H14F3N3S/c1-6(2)7-5-16-9(17-10(15)18-3)4-8(7)11(12,13)14/h4-6H,1-3H3,(H2,15,16,17). The Morgan fingerprint density at radius 2 is 2.06 bits per heavy atom. The fraction of sp³-hybridized carbons (Fsp3) is 0.455. The Bertz CT molecular complexity index is 444. The number of amidine groups is 1. The van der Waals surface area contributed by atoms with E-state index < -0.39 is 11.7 Å². The second-order valence-electron chi connectivity index (χ2n) is 3.97. The number of anilines is 1. The molecule has 0 atom stereocenters. The summed E-state index contributed by atoms with van der Waals surface area (Å²) >= 11 is 1.09. The third-order valence-corrected chi connectivity index (χ3v) is 2.82. The molecule has 2 N–H and O–H groups in total. The highest BCUT2D eigenvalue weighted by atomic mass is 32.2. The first kappa shape index (κ1) is 14.8. The molecule has 0 amide bonds. The number of hydrogen-bond donors (Lipinski definition) is 2. The zero-order chi connectivity index (χ0) is 13.9. The van der Waals surface area contributed by atoms with Crippen LogP contribution in [0, 0.1) is 5.41 Å². The predicted octanol–water partition coefficient (Wildman–Crippen LogP) is 3.93. The van der Waals surface area contributed by atoms with E-state index in [1.54, 1.807) is 20.1 Å². The van der Waals surface area contributed by atoms with Gasteiger partial charge >= 0.3 is 6.18 Å². The van der Waals surface area contributed by atoms with Crippen LogP contribution in [0.5, 0.6) is 0 Å². The Kier molecular flexibility index (Phi) is 4.61. The second kappa shape index (κ2) is 5.60. The first-order chi connectivity index (χ1) is 8.25. The summed E-state index contributed by atoms with van der Waals surface area (Å²) < 4.78 is 38.7. The molecular formula is C11H14F3N3S. The van der Waals surface area contributed by atoms with Crippen molar-refractivity contribution in [1.29, 1.82) is 5.41 Å². The zero-order valence-electron chi connectivity index (χ0n) is 10.2. The average molecular weight is 277 g/mol. The lowest BCUT2D eigenvalue weighted by Gasteiger charge is -2.16. The van der Waals surface area contributed by atoms with Crippen LogP contribution in [0.2, 0.25) is 0 Å². The molecule has 0 aliphatic carbocycles. The highest BCUT2D eigenvalue weighted by Crippen LogP contribution is 2.35. The van der Waals surface area contributed by atoms with Crippen molar-refractivity contribution >= 4 is 22.7 Å². The van der Waals surface area contributed by atoms with Gasteiger partial charge in [-0.3, -0.25) is 5.41 Å². The quantitative estimate of drug-likeness (QED) is 0.636. The minimum Gasteiger partial charge on any atom is -0.320 e. The lowest BCUT2D eigenvalue weighted by atomic mass is 9.99. The van der Waals surface area contributed by atoms with Gasteiger partial charge in [0.25, 0.3) is 0 Å². The summed E-state index contributed by atoms with van der Waals surface area (Å²) in [5.74, 6) is -0.228. The molecule has 0 aliphatic rings. The van der Waals surface area contributed by atoms with Crippen molar-refractivity contribution in [1.82, 2.24) is 4.98 Å². The highest BCUT2D eigenvalue weighted by Gasteiger charge is 2.34. The molecule has 18 heavy (non-hydrogen) atoms. The summed E-state index contributed by atoms with van der Waals surface area (Å²) in [6.45, 7) is 3.37. The number of thioether (sulfide) groups is 1. The van der Waals surface area contributed by atoms with Crippen LogP contribution in [0.1, 0.15) is 30.9 Å². The van der Waals surface area contributed by atoms with Crippen LogP contribution >= 0.6 is 11.8 Å². The summed E-state index contributed by atoms with van der Waals surface area (Å²) in [6, 6.07) is 0.945. The lowest BCUT2D eigenvalue weighted by molar-refractivity contribution is -0.138. The van der Waals surface area contributed by atoms with Crippen LogP contribution in [-0.2, 0) is 6.18 Å². The van der Waals surface area contributed by atoms with Crippen LogP contribution in [0.25, 0.3) is 0 Å². The molecule has 1 heterocycles. The zero-order valence-corrected chi connectivity index (χ0v) is 11.0. The maximum absolute atomic E-state index is 12.9. The van der Waals surface area contributed by atoms with Crippen molar-refractivity contribution in [2.45, 2.75) is 25.9 Å². The van der Waals surface area contributed by atoms with Gasteiger partial charge < -0.3 is 5.32 Å². The molecule has 3 nitrogen and oxygen atoms in total. The van der Waals surface area contributed by atoms with E-state index in [0.29, 0.717) is 0 Å². The van der Waals surface area contributed by atoms with Crippen molar-refractivity contribution in [2.24, 2.45) is 0 Å². The van der Waals surface area contributed by atoms with Gasteiger partial charge in [-0.05, 0) is 23.8 Å². The molecule has 0 saturated carbocycles. The highest BCUT2D eigenvalue weighted by molar-refractivity contribution is 8.13. The molecule has 1 aromatic heterocycles. The topological polar surface area (TPSA) is 48.8 Å². The average Bonchev–Trinajstić information content (AvgIpc) is 2.27. The van der Waals surface area contributed by atoms with Gasteiger partial charge in [0.2, 0.25) is 0 Å². The molecule has 1 rings (SSSR count). The number of hydrogen-bond acceptors (Lipinski definition) is 3. The van der Waals surface area contributed by atoms with Gasteiger partial charge in [0.1, 0.15) is 5.82 Å². The van der Waals surface area contributed by atoms with Crippen molar-refractivity contribution in [3.8, 4) is 0 Å². The number of alkyl halides is 3. The largest absolute Gasteiger partial charge is 0.416 e. The van der Waals surface area contributed by atoms with Gasteiger partial charge in [-0.1, -0.05) is 25.6 Å². The Morgan fingerprint density at radius 1 is 1.44 bits per heavy atom. The van der Waals surface area contributed by atoms with Crippen LogP contribution in [-0.4, -0.2) is 16.4 Å². The van der Waals surface area contributed by atoms with E-state index in [4.69, 9.17) is 5.41 Å². The van der Waals surface area contributed by atoms with E-state index in [2.05, 4.69) is 10.3 Å². The molecule has 7 heteroatoms. The lowest BCUT2D eigenvalue weighted by Crippen LogP contribution is -2.14. The monoisotopic (exact) mass is 277 g/mol. The van der Waals surface area contributed by atoms with Crippen LogP contribution in [0.15, 0.2) is 12.3 Å². The van der Waals surface area contributed by atoms with Crippen LogP contribution in [0.3, 0.4) is 0 Å². The summed E-state index contributed by atoms with van der Waals surface area (Å²) in [7, 11) is 0. The first-order valence-corrected chi connectivity index (χ1v) is 6.45. The summed E-state index contributed by atoms with van der Waals surface area (Å²) in [6.07, 6.45) is -1.55. The second-order valence-corrected chi connectivity index (χ2v) is 4.78.